The second-order valence-electron chi connectivity index (χ2n) is 5.43. The summed E-state index contributed by atoms with van der Waals surface area (Å²) in [6.07, 6.45) is 2.21. The third-order valence-corrected chi connectivity index (χ3v) is 4.22. The first-order valence-electron chi connectivity index (χ1n) is 7.22. The van der Waals surface area contributed by atoms with Gasteiger partial charge in [-0.15, -0.1) is 0 Å². The van der Waals surface area contributed by atoms with Crippen molar-refractivity contribution >= 4 is 0 Å². The zero-order valence-electron chi connectivity index (χ0n) is 12.4. The van der Waals surface area contributed by atoms with Crippen LogP contribution in [0.3, 0.4) is 0 Å². The smallest absolute Gasteiger partial charge is 0.124 e. The van der Waals surface area contributed by atoms with Gasteiger partial charge < -0.3 is 14.8 Å². The van der Waals surface area contributed by atoms with Gasteiger partial charge in [0.05, 0.1) is 13.7 Å². The average molecular weight is 263 g/mol. The van der Waals surface area contributed by atoms with Gasteiger partial charge in [-0.1, -0.05) is 20.3 Å². The Hall–Kier alpha value is -1.22. The summed E-state index contributed by atoms with van der Waals surface area (Å²) in [5, 5.41) is 3.74. The molecule has 3 nitrogen and oxygen atoms in total. The maximum Gasteiger partial charge on any atom is 0.124 e. The summed E-state index contributed by atoms with van der Waals surface area (Å²) in [5.74, 6) is 2.56. The molecule has 0 aliphatic carbocycles. The summed E-state index contributed by atoms with van der Waals surface area (Å²) >= 11 is 0. The summed E-state index contributed by atoms with van der Waals surface area (Å²) in [6, 6.07) is 6.93. The van der Waals surface area contributed by atoms with Crippen molar-refractivity contribution in [2.75, 3.05) is 13.7 Å². The van der Waals surface area contributed by atoms with E-state index in [-0.39, 0.29) is 0 Å². The molecule has 1 aromatic rings. The molecule has 0 bridgehead atoms. The van der Waals surface area contributed by atoms with Crippen molar-refractivity contribution in [3.05, 3.63) is 23.8 Å². The molecule has 0 spiro atoms. The number of methoxy groups -OCH3 is 1. The van der Waals surface area contributed by atoms with Crippen LogP contribution in [0.2, 0.25) is 0 Å². The topological polar surface area (TPSA) is 30.5 Å². The van der Waals surface area contributed by atoms with Gasteiger partial charge >= 0.3 is 0 Å². The normalized spacial score (nSPS) is 21.2. The Balaban J connectivity index is 2.16. The quantitative estimate of drug-likeness (QED) is 0.881. The van der Waals surface area contributed by atoms with E-state index in [4.69, 9.17) is 9.47 Å². The number of ether oxygens (including phenoxy) is 2. The first-order valence-corrected chi connectivity index (χ1v) is 7.22. The Morgan fingerprint density at radius 1 is 1.42 bits per heavy atom. The molecule has 3 heteroatoms. The molecule has 0 saturated carbocycles. The SMILES string of the molecule is CCC(C)C(C)NC1CCOc2ccc(OC)cc21. The van der Waals surface area contributed by atoms with Crippen molar-refractivity contribution in [3.8, 4) is 11.5 Å². The molecule has 106 valence electrons. The number of hydrogen-bond acceptors (Lipinski definition) is 3. The second-order valence-corrected chi connectivity index (χ2v) is 5.43. The standard InChI is InChI=1S/C16H25NO2/c1-5-11(2)12(3)17-15-8-9-19-16-7-6-13(18-4)10-14(15)16/h6-7,10-12,15,17H,5,8-9H2,1-4H3. The fourth-order valence-corrected chi connectivity index (χ4v) is 2.51. The van der Waals surface area contributed by atoms with Gasteiger partial charge in [-0.3, -0.25) is 0 Å². The maximum atomic E-state index is 5.73. The van der Waals surface area contributed by atoms with E-state index < -0.39 is 0 Å². The lowest BCUT2D eigenvalue weighted by Gasteiger charge is -2.31. The molecule has 1 aliphatic rings. The number of hydrogen-bond donors (Lipinski definition) is 1. The molecule has 0 aromatic heterocycles. The fourth-order valence-electron chi connectivity index (χ4n) is 2.51. The van der Waals surface area contributed by atoms with Crippen LogP contribution < -0.4 is 14.8 Å². The van der Waals surface area contributed by atoms with Crippen molar-refractivity contribution in [3.63, 3.8) is 0 Å². The Morgan fingerprint density at radius 2 is 2.21 bits per heavy atom. The minimum atomic E-state index is 0.364. The van der Waals surface area contributed by atoms with Gasteiger partial charge in [-0.2, -0.15) is 0 Å². The molecule has 0 radical (unpaired) electrons. The van der Waals surface area contributed by atoms with E-state index in [0.717, 1.165) is 24.5 Å². The predicted molar refractivity (Wildman–Crippen MR) is 77.9 cm³/mol. The van der Waals surface area contributed by atoms with Crippen molar-refractivity contribution < 1.29 is 9.47 Å². The largest absolute Gasteiger partial charge is 0.497 e. The van der Waals surface area contributed by atoms with Crippen molar-refractivity contribution in [1.29, 1.82) is 0 Å². The molecule has 1 aromatic carbocycles. The van der Waals surface area contributed by atoms with Crippen LogP contribution in [-0.4, -0.2) is 19.8 Å². The highest BCUT2D eigenvalue weighted by Gasteiger charge is 2.24. The Bertz CT molecular complexity index is 419. The first-order chi connectivity index (χ1) is 9.15. The molecule has 1 aliphatic heterocycles. The number of nitrogens with one attached hydrogen (secondary N) is 1. The fraction of sp³-hybridized carbons (Fsp3) is 0.625. The van der Waals surface area contributed by atoms with Gasteiger partial charge in [0.1, 0.15) is 11.5 Å². The summed E-state index contributed by atoms with van der Waals surface area (Å²) < 4.78 is 11.0. The molecule has 1 N–H and O–H groups in total. The predicted octanol–water partition coefficient (Wildman–Crippen LogP) is 3.54. The molecular formula is C16H25NO2. The van der Waals surface area contributed by atoms with Crippen LogP contribution in [-0.2, 0) is 0 Å². The molecule has 0 fully saturated rings. The second kappa shape index (κ2) is 6.29. The highest BCUT2D eigenvalue weighted by Crippen LogP contribution is 2.35. The van der Waals surface area contributed by atoms with E-state index in [1.807, 2.05) is 12.1 Å². The van der Waals surface area contributed by atoms with Crippen LogP contribution >= 0.6 is 0 Å². The number of rotatable bonds is 5. The molecule has 1 heterocycles. The van der Waals surface area contributed by atoms with Crippen LogP contribution in [0.5, 0.6) is 11.5 Å². The monoisotopic (exact) mass is 263 g/mol. The van der Waals surface area contributed by atoms with E-state index in [2.05, 4.69) is 32.2 Å². The Morgan fingerprint density at radius 3 is 2.89 bits per heavy atom. The third kappa shape index (κ3) is 3.21. The van der Waals surface area contributed by atoms with Gasteiger partial charge in [-0.25, -0.2) is 0 Å². The summed E-state index contributed by atoms with van der Waals surface area (Å²) in [4.78, 5) is 0. The maximum absolute atomic E-state index is 5.73. The van der Waals surface area contributed by atoms with Crippen molar-refractivity contribution in [2.45, 2.75) is 45.7 Å². The van der Waals surface area contributed by atoms with E-state index in [1.54, 1.807) is 7.11 Å². The average Bonchev–Trinajstić information content (AvgIpc) is 2.46. The lowest BCUT2D eigenvalue weighted by Crippen LogP contribution is -2.37. The number of benzene rings is 1. The van der Waals surface area contributed by atoms with Crippen molar-refractivity contribution in [2.24, 2.45) is 5.92 Å². The zero-order chi connectivity index (χ0) is 13.8. The van der Waals surface area contributed by atoms with Gasteiger partial charge in [0.25, 0.3) is 0 Å². The molecule has 0 amide bonds. The molecule has 3 atom stereocenters. The van der Waals surface area contributed by atoms with E-state index in [0.29, 0.717) is 18.0 Å². The van der Waals surface area contributed by atoms with Crippen molar-refractivity contribution in [1.82, 2.24) is 5.32 Å². The minimum absolute atomic E-state index is 0.364. The highest BCUT2D eigenvalue weighted by molar-refractivity contribution is 5.43. The van der Waals surface area contributed by atoms with Crippen LogP contribution in [0.1, 0.15) is 45.2 Å². The molecular weight excluding hydrogens is 238 g/mol. The Labute approximate surface area is 116 Å². The van der Waals surface area contributed by atoms with Gasteiger partial charge in [0, 0.05) is 24.1 Å². The lowest BCUT2D eigenvalue weighted by molar-refractivity contribution is 0.233. The summed E-state index contributed by atoms with van der Waals surface area (Å²) in [7, 11) is 1.70. The van der Waals surface area contributed by atoms with E-state index in [1.165, 1.54) is 12.0 Å². The molecule has 19 heavy (non-hydrogen) atoms. The van der Waals surface area contributed by atoms with Crippen LogP contribution in [0.15, 0.2) is 18.2 Å². The number of fused-ring (bicyclic) bond motifs is 1. The third-order valence-electron chi connectivity index (χ3n) is 4.22. The summed E-state index contributed by atoms with van der Waals surface area (Å²) in [5.41, 5.74) is 1.22. The minimum Gasteiger partial charge on any atom is -0.497 e. The van der Waals surface area contributed by atoms with E-state index in [9.17, 15) is 0 Å². The van der Waals surface area contributed by atoms with E-state index >= 15 is 0 Å². The van der Waals surface area contributed by atoms with Gasteiger partial charge in [-0.05, 0) is 31.0 Å². The molecule has 3 unspecified atom stereocenters. The lowest BCUT2D eigenvalue weighted by atomic mass is 9.95. The summed E-state index contributed by atoms with van der Waals surface area (Å²) in [6.45, 7) is 7.58. The van der Waals surface area contributed by atoms with Crippen LogP contribution in [0, 0.1) is 5.92 Å². The van der Waals surface area contributed by atoms with Gasteiger partial charge in [0.15, 0.2) is 0 Å². The van der Waals surface area contributed by atoms with Crippen LogP contribution in [0.25, 0.3) is 0 Å². The molecule has 0 saturated heterocycles. The van der Waals surface area contributed by atoms with Crippen LogP contribution in [0.4, 0.5) is 0 Å². The Kier molecular flexibility index (Phi) is 4.70. The van der Waals surface area contributed by atoms with Gasteiger partial charge in [0.2, 0.25) is 0 Å². The first kappa shape index (κ1) is 14.2. The molecule has 2 rings (SSSR count). The highest BCUT2D eigenvalue weighted by atomic mass is 16.5. The zero-order valence-corrected chi connectivity index (χ0v) is 12.4.